The molecule has 23 heavy (non-hydrogen) atoms. The SMILES string of the molecule is CC1CN(C(=O)Nc2cc(F)cc(F)c2)CC2(CCCOC2)O1. The molecular formula is C16H20F2N2O3. The highest BCUT2D eigenvalue weighted by molar-refractivity contribution is 5.89. The summed E-state index contributed by atoms with van der Waals surface area (Å²) in [6.45, 7) is 3.88. The van der Waals surface area contributed by atoms with Crippen LogP contribution in [0.3, 0.4) is 0 Å². The van der Waals surface area contributed by atoms with Crippen LogP contribution in [0.4, 0.5) is 19.3 Å². The molecule has 1 N–H and O–H groups in total. The molecule has 7 heteroatoms. The molecule has 0 saturated carbocycles. The highest BCUT2D eigenvalue weighted by Crippen LogP contribution is 2.30. The zero-order valence-electron chi connectivity index (χ0n) is 13.0. The second-order valence-corrected chi connectivity index (χ2v) is 6.24. The molecule has 0 bridgehead atoms. The number of nitrogens with one attached hydrogen (secondary N) is 1. The van der Waals surface area contributed by atoms with Crippen LogP contribution < -0.4 is 5.32 Å². The maximum atomic E-state index is 13.2. The van der Waals surface area contributed by atoms with Crippen molar-refractivity contribution in [2.75, 3.05) is 31.6 Å². The van der Waals surface area contributed by atoms with Gasteiger partial charge in [0.05, 0.1) is 19.3 Å². The molecule has 2 amide bonds. The molecule has 2 aliphatic rings. The summed E-state index contributed by atoms with van der Waals surface area (Å²) in [4.78, 5) is 14.1. The van der Waals surface area contributed by atoms with Crippen LogP contribution in [0.25, 0.3) is 0 Å². The molecule has 0 aliphatic carbocycles. The molecule has 2 saturated heterocycles. The monoisotopic (exact) mass is 326 g/mol. The first-order valence-corrected chi connectivity index (χ1v) is 7.73. The zero-order chi connectivity index (χ0) is 16.4. The highest BCUT2D eigenvalue weighted by atomic mass is 19.1. The number of nitrogens with zero attached hydrogens (tertiary/aromatic N) is 1. The molecule has 1 aromatic carbocycles. The van der Waals surface area contributed by atoms with Crippen molar-refractivity contribution in [1.82, 2.24) is 4.90 Å². The van der Waals surface area contributed by atoms with Gasteiger partial charge in [0.25, 0.3) is 0 Å². The number of amides is 2. The van der Waals surface area contributed by atoms with Crippen molar-refractivity contribution in [3.8, 4) is 0 Å². The average Bonchev–Trinajstić information content (AvgIpc) is 2.46. The van der Waals surface area contributed by atoms with Gasteiger partial charge in [-0.2, -0.15) is 0 Å². The number of ether oxygens (including phenoxy) is 2. The standard InChI is InChI=1S/C16H20F2N2O3/c1-11-8-20(9-16(23-11)3-2-4-22-10-16)15(21)19-14-6-12(17)5-13(18)7-14/h5-7,11H,2-4,8-10H2,1H3,(H,19,21). The van der Waals surface area contributed by atoms with Gasteiger partial charge in [-0.05, 0) is 31.9 Å². The molecule has 3 rings (SSSR count). The van der Waals surface area contributed by atoms with Crippen LogP contribution in [0, 0.1) is 11.6 Å². The number of hydrogen-bond donors (Lipinski definition) is 1. The van der Waals surface area contributed by atoms with Gasteiger partial charge in [0.15, 0.2) is 0 Å². The number of carbonyl (C=O) groups excluding carboxylic acids is 1. The normalized spacial score (nSPS) is 28.0. The third-order valence-corrected chi connectivity index (χ3v) is 4.09. The Kier molecular flexibility index (Phi) is 4.50. The minimum atomic E-state index is -0.729. The van der Waals surface area contributed by atoms with Gasteiger partial charge in [-0.15, -0.1) is 0 Å². The van der Waals surface area contributed by atoms with Gasteiger partial charge >= 0.3 is 6.03 Å². The van der Waals surface area contributed by atoms with Crippen molar-refractivity contribution in [2.45, 2.75) is 31.5 Å². The van der Waals surface area contributed by atoms with E-state index >= 15 is 0 Å². The Bertz CT molecular complexity index is 570. The fraction of sp³-hybridized carbons (Fsp3) is 0.562. The number of halogens is 2. The molecule has 2 atom stereocenters. The summed E-state index contributed by atoms with van der Waals surface area (Å²) in [6.07, 6.45) is 1.59. The summed E-state index contributed by atoms with van der Waals surface area (Å²) in [5.74, 6) is -1.46. The van der Waals surface area contributed by atoms with E-state index in [1.54, 1.807) is 4.90 Å². The van der Waals surface area contributed by atoms with E-state index in [0.717, 1.165) is 31.0 Å². The third kappa shape index (κ3) is 3.79. The lowest BCUT2D eigenvalue weighted by Crippen LogP contribution is -2.60. The second-order valence-electron chi connectivity index (χ2n) is 6.24. The van der Waals surface area contributed by atoms with Gasteiger partial charge in [0, 0.05) is 24.9 Å². The topological polar surface area (TPSA) is 50.8 Å². The summed E-state index contributed by atoms with van der Waals surface area (Å²) in [5.41, 5.74) is -0.388. The molecule has 126 valence electrons. The zero-order valence-corrected chi connectivity index (χ0v) is 13.0. The molecule has 0 aromatic heterocycles. The highest BCUT2D eigenvalue weighted by Gasteiger charge is 2.42. The average molecular weight is 326 g/mol. The van der Waals surface area contributed by atoms with Crippen molar-refractivity contribution < 1.29 is 23.0 Å². The van der Waals surface area contributed by atoms with Crippen molar-refractivity contribution >= 4 is 11.7 Å². The number of hydrogen-bond acceptors (Lipinski definition) is 3. The van der Waals surface area contributed by atoms with E-state index in [0.29, 0.717) is 26.3 Å². The second kappa shape index (κ2) is 6.41. The van der Waals surface area contributed by atoms with Crippen LogP contribution in [0.5, 0.6) is 0 Å². The Morgan fingerprint density at radius 3 is 2.74 bits per heavy atom. The first-order valence-electron chi connectivity index (χ1n) is 7.73. The van der Waals surface area contributed by atoms with Crippen molar-refractivity contribution in [3.05, 3.63) is 29.8 Å². The Hall–Kier alpha value is -1.73. The molecule has 1 aromatic rings. The summed E-state index contributed by atoms with van der Waals surface area (Å²) < 4.78 is 38.0. The number of rotatable bonds is 1. The summed E-state index contributed by atoms with van der Waals surface area (Å²) in [5, 5.41) is 2.55. The van der Waals surface area contributed by atoms with E-state index in [9.17, 15) is 13.6 Å². The first-order chi connectivity index (χ1) is 11.0. The molecule has 2 heterocycles. The van der Waals surface area contributed by atoms with E-state index in [2.05, 4.69) is 5.32 Å². The number of morpholine rings is 1. The van der Waals surface area contributed by atoms with Crippen LogP contribution in [-0.2, 0) is 9.47 Å². The summed E-state index contributed by atoms with van der Waals surface area (Å²) in [7, 11) is 0. The number of urea groups is 1. The van der Waals surface area contributed by atoms with Crippen molar-refractivity contribution in [1.29, 1.82) is 0 Å². The van der Waals surface area contributed by atoms with Gasteiger partial charge < -0.3 is 19.7 Å². The van der Waals surface area contributed by atoms with Gasteiger partial charge in [0.1, 0.15) is 17.2 Å². The van der Waals surface area contributed by atoms with Crippen molar-refractivity contribution in [3.63, 3.8) is 0 Å². The van der Waals surface area contributed by atoms with E-state index in [-0.39, 0.29) is 11.8 Å². The van der Waals surface area contributed by atoms with Gasteiger partial charge in [-0.1, -0.05) is 0 Å². The minimum Gasteiger partial charge on any atom is -0.378 e. The van der Waals surface area contributed by atoms with Crippen LogP contribution in [0.2, 0.25) is 0 Å². The largest absolute Gasteiger partial charge is 0.378 e. The quantitative estimate of drug-likeness (QED) is 0.863. The molecule has 2 aliphatic heterocycles. The Morgan fingerprint density at radius 1 is 1.35 bits per heavy atom. The third-order valence-electron chi connectivity index (χ3n) is 4.09. The molecule has 2 fully saturated rings. The van der Waals surface area contributed by atoms with E-state index in [4.69, 9.17) is 9.47 Å². The molecule has 5 nitrogen and oxygen atoms in total. The Balaban J connectivity index is 1.70. The van der Waals surface area contributed by atoms with E-state index in [1.165, 1.54) is 0 Å². The maximum Gasteiger partial charge on any atom is 0.322 e. The lowest BCUT2D eigenvalue weighted by atomic mass is 9.93. The van der Waals surface area contributed by atoms with Gasteiger partial charge in [0.2, 0.25) is 0 Å². The smallest absolute Gasteiger partial charge is 0.322 e. The minimum absolute atomic E-state index is 0.0978. The van der Waals surface area contributed by atoms with Gasteiger partial charge in [-0.25, -0.2) is 13.6 Å². The lowest BCUT2D eigenvalue weighted by Gasteiger charge is -2.47. The predicted molar refractivity (Wildman–Crippen MR) is 80.3 cm³/mol. The first kappa shape index (κ1) is 16.1. The summed E-state index contributed by atoms with van der Waals surface area (Å²) >= 11 is 0. The molecular weight excluding hydrogens is 306 g/mol. The van der Waals surface area contributed by atoms with Gasteiger partial charge in [-0.3, -0.25) is 0 Å². The maximum absolute atomic E-state index is 13.2. The van der Waals surface area contributed by atoms with Crippen molar-refractivity contribution in [2.24, 2.45) is 0 Å². The number of benzene rings is 1. The molecule has 0 radical (unpaired) electrons. The van der Waals surface area contributed by atoms with E-state index < -0.39 is 23.3 Å². The number of anilines is 1. The predicted octanol–water partition coefficient (Wildman–Crippen LogP) is 2.77. The Morgan fingerprint density at radius 2 is 2.09 bits per heavy atom. The fourth-order valence-corrected chi connectivity index (χ4v) is 3.25. The number of carbonyl (C=O) groups is 1. The fourth-order valence-electron chi connectivity index (χ4n) is 3.25. The Labute approximate surface area is 133 Å². The molecule has 2 unspecified atom stereocenters. The van der Waals surface area contributed by atoms with Crippen LogP contribution in [0.15, 0.2) is 18.2 Å². The summed E-state index contributed by atoms with van der Waals surface area (Å²) in [6, 6.07) is 2.55. The lowest BCUT2D eigenvalue weighted by molar-refractivity contribution is -0.187. The van der Waals surface area contributed by atoms with Crippen LogP contribution in [-0.4, -0.2) is 48.9 Å². The van der Waals surface area contributed by atoms with Crippen LogP contribution in [0.1, 0.15) is 19.8 Å². The van der Waals surface area contributed by atoms with Crippen LogP contribution >= 0.6 is 0 Å². The molecule has 1 spiro atoms. The van der Waals surface area contributed by atoms with E-state index in [1.807, 2.05) is 6.92 Å².